The van der Waals surface area contributed by atoms with E-state index in [-0.39, 0.29) is 31.2 Å². The van der Waals surface area contributed by atoms with E-state index in [0.29, 0.717) is 13.0 Å². The number of rotatable bonds is 1. The van der Waals surface area contributed by atoms with Crippen LogP contribution in [0, 0.1) is 5.92 Å². The number of alkyl halides is 2. The lowest BCUT2D eigenvalue weighted by atomic mass is 9.87. The smallest absolute Gasteiger partial charge is 0.248 e. The molecular weight excluding hydrogens is 172 g/mol. The maximum Gasteiger partial charge on any atom is 0.248 e. The first-order valence-electron chi connectivity index (χ1n) is 3.72. The van der Waals surface area contributed by atoms with Crippen LogP contribution in [-0.4, -0.2) is 12.5 Å². The van der Waals surface area contributed by atoms with Crippen molar-refractivity contribution in [2.75, 3.05) is 6.54 Å². The molecule has 1 atom stereocenters. The van der Waals surface area contributed by atoms with Crippen LogP contribution in [0.25, 0.3) is 0 Å². The van der Waals surface area contributed by atoms with Crippen LogP contribution in [0.2, 0.25) is 0 Å². The zero-order valence-electron chi connectivity index (χ0n) is 6.35. The lowest BCUT2D eigenvalue weighted by molar-refractivity contribution is -0.0508. The van der Waals surface area contributed by atoms with Gasteiger partial charge in [0.25, 0.3) is 0 Å². The molecule has 0 bridgehead atoms. The average molecular weight is 186 g/mol. The molecule has 1 saturated carbocycles. The van der Waals surface area contributed by atoms with Gasteiger partial charge in [0.1, 0.15) is 0 Å². The highest BCUT2D eigenvalue weighted by atomic mass is 35.5. The summed E-state index contributed by atoms with van der Waals surface area (Å²) in [5.74, 6) is -2.37. The summed E-state index contributed by atoms with van der Waals surface area (Å²) in [5, 5.41) is 0. The van der Waals surface area contributed by atoms with Gasteiger partial charge in [-0.05, 0) is 25.3 Å². The molecule has 1 fully saturated rings. The SMILES string of the molecule is Cl.NCC1CCCC(F)(F)C1. The minimum Gasteiger partial charge on any atom is -0.330 e. The first-order chi connectivity index (χ1) is 4.64. The monoisotopic (exact) mass is 185 g/mol. The van der Waals surface area contributed by atoms with Crippen LogP contribution in [0.4, 0.5) is 8.78 Å². The van der Waals surface area contributed by atoms with Crippen molar-refractivity contribution in [1.82, 2.24) is 0 Å². The third-order valence-corrected chi connectivity index (χ3v) is 2.08. The minimum absolute atomic E-state index is 0. The molecule has 1 aliphatic rings. The van der Waals surface area contributed by atoms with Gasteiger partial charge in [-0.25, -0.2) is 8.78 Å². The number of halogens is 3. The Morgan fingerprint density at radius 3 is 2.45 bits per heavy atom. The molecule has 2 N–H and O–H groups in total. The van der Waals surface area contributed by atoms with Gasteiger partial charge in [-0.2, -0.15) is 0 Å². The lowest BCUT2D eigenvalue weighted by Gasteiger charge is -2.27. The van der Waals surface area contributed by atoms with Gasteiger partial charge >= 0.3 is 0 Å². The Morgan fingerprint density at radius 2 is 2.09 bits per heavy atom. The Hall–Kier alpha value is 0.110. The van der Waals surface area contributed by atoms with E-state index < -0.39 is 5.92 Å². The first kappa shape index (κ1) is 11.1. The second-order valence-corrected chi connectivity index (χ2v) is 3.05. The van der Waals surface area contributed by atoms with Crippen molar-refractivity contribution in [2.45, 2.75) is 31.6 Å². The summed E-state index contributed by atoms with van der Waals surface area (Å²) in [7, 11) is 0. The molecule has 0 aromatic rings. The maximum absolute atomic E-state index is 12.6. The molecule has 0 aliphatic heterocycles. The van der Waals surface area contributed by atoms with Gasteiger partial charge in [0.15, 0.2) is 0 Å². The molecule has 1 rings (SSSR count). The molecule has 4 heteroatoms. The van der Waals surface area contributed by atoms with Crippen LogP contribution in [-0.2, 0) is 0 Å². The Balaban J connectivity index is 0.000001000. The molecule has 68 valence electrons. The van der Waals surface area contributed by atoms with Gasteiger partial charge in [0, 0.05) is 12.8 Å². The highest BCUT2D eigenvalue weighted by molar-refractivity contribution is 5.85. The van der Waals surface area contributed by atoms with Gasteiger partial charge in [-0.15, -0.1) is 12.4 Å². The Labute approximate surface area is 71.7 Å². The molecule has 0 aromatic carbocycles. The molecule has 1 nitrogen and oxygen atoms in total. The van der Waals surface area contributed by atoms with Gasteiger partial charge in [0.05, 0.1) is 0 Å². The highest BCUT2D eigenvalue weighted by Gasteiger charge is 2.35. The first-order valence-corrected chi connectivity index (χ1v) is 3.72. The van der Waals surface area contributed by atoms with E-state index in [0.717, 1.165) is 6.42 Å². The van der Waals surface area contributed by atoms with Crippen LogP contribution in [0.1, 0.15) is 25.7 Å². The Kier molecular flexibility index (Phi) is 4.26. The van der Waals surface area contributed by atoms with E-state index in [1.165, 1.54) is 0 Å². The van der Waals surface area contributed by atoms with Crippen molar-refractivity contribution in [1.29, 1.82) is 0 Å². The van der Waals surface area contributed by atoms with Crippen LogP contribution in [0.5, 0.6) is 0 Å². The summed E-state index contributed by atoms with van der Waals surface area (Å²) in [6.07, 6.45) is 1.58. The van der Waals surface area contributed by atoms with E-state index in [4.69, 9.17) is 5.73 Å². The molecule has 0 saturated heterocycles. The average Bonchev–Trinajstić information content (AvgIpc) is 1.86. The van der Waals surface area contributed by atoms with E-state index >= 15 is 0 Å². The molecule has 0 spiro atoms. The van der Waals surface area contributed by atoms with Crippen molar-refractivity contribution < 1.29 is 8.78 Å². The van der Waals surface area contributed by atoms with Crippen LogP contribution >= 0.6 is 12.4 Å². The highest BCUT2D eigenvalue weighted by Crippen LogP contribution is 2.35. The van der Waals surface area contributed by atoms with Crippen LogP contribution < -0.4 is 5.73 Å². The fourth-order valence-corrected chi connectivity index (χ4v) is 1.48. The molecule has 11 heavy (non-hydrogen) atoms. The lowest BCUT2D eigenvalue weighted by Crippen LogP contribution is -2.30. The predicted octanol–water partition coefficient (Wildman–Crippen LogP) is 2.19. The number of hydrogen-bond donors (Lipinski definition) is 1. The van der Waals surface area contributed by atoms with Crippen LogP contribution in [0.3, 0.4) is 0 Å². The maximum atomic E-state index is 12.6. The quantitative estimate of drug-likeness (QED) is 0.666. The Morgan fingerprint density at radius 1 is 1.45 bits per heavy atom. The summed E-state index contributed by atoms with van der Waals surface area (Å²) < 4.78 is 25.2. The van der Waals surface area contributed by atoms with E-state index in [1.807, 2.05) is 0 Å². The number of nitrogens with two attached hydrogens (primary N) is 1. The molecule has 0 heterocycles. The standard InChI is InChI=1S/C7H13F2N.ClH/c8-7(9)3-1-2-6(4-7)5-10;/h6H,1-5,10H2;1H. The molecule has 0 aromatic heterocycles. The topological polar surface area (TPSA) is 26.0 Å². The molecule has 1 unspecified atom stereocenters. The Bertz CT molecular complexity index is 119. The normalized spacial score (nSPS) is 29.2. The van der Waals surface area contributed by atoms with E-state index in [1.54, 1.807) is 0 Å². The molecular formula is C7H14ClF2N. The zero-order valence-corrected chi connectivity index (χ0v) is 7.17. The molecule has 0 radical (unpaired) electrons. The van der Waals surface area contributed by atoms with Gasteiger partial charge in [-0.1, -0.05) is 0 Å². The fourth-order valence-electron chi connectivity index (χ4n) is 1.48. The van der Waals surface area contributed by atoms with Gasteiger partial charge in [-0.3, -0.25) is 0 Å². The summed E-state index contributed by atoms with van der Waals surface area (Å²) in [6.45, 7) is 0.412. The summed E-state index contributed by atoms with van der Waals surface area (Å²) >= 11 is 0. The van der Waals surface area contributed by atoms with Crippen molar-refractivity contribution in [3.05, 3.63) is 0 Å². The van der Waals surface area contributed by atoms with Crippen molar-refractivity contribution in [2.24, 2.45) is 11.7 Å². The predicted molar refractivity (Wildman–Crippen MR) is 43.2 cm³/mol. The molecule has 1 aliphatic carbocycles. The van der Waals surface area contributed by atoms with E-state index in [9.17, 15) is 8.78 Å². The summed E-state index contributed by atoms with van der Waals surface area (Å²) in [4.78, 5) is 0. The van der Waals surface area contributed by atoms with E-state index in [2.05, 4.69) is 0 Å². The van der Waals surface area contributed by atoms with Crippen molar-refractivity contribution >= 4 is 12.4 Å². The zero-order chi connectivity index (χ0) is 7.61. The minimum atomic E-state index is -2.43. The van der Waals surface area contributed by atoms with Gasteiger partial charge in [0.2, 0.25) is 5.92 Å². The van der Waals surface area contributed by atoms with Gasteiger partial charge < -0.3 is 5.73 Å². The van der Waals surface area contributed by atoms with Crippen molar-refractivity contribution in [3.63, 3.8) is 0 Å². The summed E-state index contributed by atoms with van der Waals surface area (Å²) in [5.41, 5.74) is 5.29. The second-order valence-electron chi connectivity index (χ2n) is 3.05. The molecule has 0 amide bonds. The number of hydrogen-bond acceptors (Lipinski definition) is 1. The third kappa shape index (κ3) is 3.34. The summed E-state index contributed by atoms with van der Waals surface area (Å²) in [6, 6.07) is 0. The van der Waals surface area contributed by atoms with Crippen LogP contribution in [0.15, 0.2) is 0 Å². The van der Waals surface area contributed by atoms with Crippen molar-refractivity contribution in [3.8, 4) is 0 Å². The fraction of sp³-hybridized carbons (Fsp3) is 1.00. The third-order valence-electron chi connectivity index (χ3n) is 2.08. The second kappa shape index (κ2) is 4.21. The largest absolute Gasteiger partial charge is 0.330 e.